The van der Waals surface area contributed by atoms with Crippen LogP contribution < -0.4 is 5.73 Å². The number of nitrogens with two attached hydrogens (primary N) is 1. The Morgan fingerprint density at radius 1 is 1.10 bits per heavy atom. The molecule has 2 aromatic carbocycles. The summed E-state index contributed by atoms with van der Waals surface area (Å²) in [5.41, 5.74) is 5.57. The molecule has 2 atom stereocenters. The van der Waals surface area contributed by atoms with Gasteiger partial charge in [0.25, 0.3) is 0 Å². The van der Waals surface area contributed by atoms with Crippen molar-refractivity contribution >= 4 is 11.6 Å². The second-order valence-corrected chi connectivity index (χ2v) is 5.03. The third-order valence-corrected chi connectivity index (χ3v) is 3.57. The molecule has 0 aliphatic rings. The van der Waals surface area contributed by atoms with Crippen molar-refractivity contribution in [1.82, 2.24) is 0 Å². The number of benzene rings is 2. The van der Waals surface area contributed by atoms with Crippen LogP contribution in [0, 0.1) is 17.5 Å². The van der Waals surface area contributed by atoms with Gasteiger partial charge < -0.3 is 10.8 Å². The van der Waals surface area contributed by atoms with Crippen LogP contribution in [-0.2, 0) is 0 Å². The highest BCUT2D eigenvalue weighted by Crippen LogP contribution is 2.35. The molecule has 0 aromatic heterocycles. The first kappa shape index (κ1) is 15.8. The van der Waals surface area contributed by atoms with Crippen LogP contribution in [0.2, 0.25) is 5.02 Å². The molecule has 0 spiro atoms. The Balaban J connectivity index is 2.45. The third kappa shape index (κ3) is 3.37. The number of aliphatic hydroxyl groups is 1. The topological polar surface area (TPSA) is 46.2 Å². The molecule has 0 radical (unpaired) electrons. The Bertz CT molecular complexity index is 610. The van der Waals surface area contributed by atoms with E-state index >= 15 is 0 Å². The van der Waals surface area contributed by atoms with Gasteiger partial charge in [0, 0.05) is 29.1 Å². The van der Waals surface area contributed by atoms with E-state index < -0.39 is 29.5 Å². The van der Waals surface area contributed by atoms with Gasteiger partial charge in [-0.15, -0.1) is 0 Å². The minimum Gasteiger partial charge on any atom is -0.388 e. The smallest absolute Gasteiger partial charge is 0.130 e. The van der Waals surface area contributed by atoms with Gasteiger partial charge in [-0.2, -0.15) is 0 Å². The minimum atomic E-state index is -1.41. The minimum absolute atomic E-state index is 0.0258. The van der Waals surface area contributed by atoms with Crippen LogP contribution in [0.1, 0.15) is 23.1 Å². The van der Waals surface area contributed by atoms with E-state index in [9.17, 15) is 18.3 Å². The van der Waals surface area contributed by atoms with Crippen molar-refractivity contribution in [3.63, 3.8) is 0 Å². The molecule has 21 heavy (non-hydrogen) atoms. The fourth-order valence-corrected chi connectivity index (χ4v) is 2.51. The summed E-state index contributed by atoms with van der Waals surface area (Å²) in [5, 5.41) is 10.4. The van der Waals surface area contributed by atoms with Gasteiger partial charge in [0.2, 0.25) is 0 Å². The molecular weight excluding hydrogens is 303 g/mol. The van der Waals surface area contributed by atoms with E-state index in [1.54, 1.807) is 0 Å². The summed E-state index contributed by atoms with van der Waals surface area (Å²) in [6.45, 7) is -0.130. The number of aliphatic hydroxyl groups excluding tert-OH is 1. The van der Waals surface area contributed by atoms with E-state index in [0.717, 1.165) is 18.2 Å². The maximum Gasteiger partial charge on any atom is 0.130 e. The summed E-state index contributed by atoms with van der Waals surface area (Å²) in [4.78, 5) is 0. The van der Waals surface area contributed by atoms with Gasteiger partial charge in [-0.1, -0.05) is 17.7 Å². The highest BCUT2D eigenvalue weighted by Gasteiger charge is 2.27. The van der Waals surface area contributed by atoms with E-state index in [-0.39, 0.29) is 22.7 Å². The summed E-state index contributed by atoms with van der Waals surface area (Å²) < 4.78 is 40.4. The summed E-state index contributed by atoms with van der Waals surface area (Å²) in [5.74, 6) is -3.18. The van der Waals surface area contributed by atoms with Crippen LogP contribution in [-0.4, -0.2) is 11.7 Å². The van der Waals surface area contributed by atoms with Crippen LogP contribution in [0.5, 0.6) is 0 Å². The molecule has 3 N–H and O–H groups in total. The summed E-state index contributed by atoms with van der Waals surface area (Å²) in [6, 6.07) is 6.77. The first-order valence-corrected chi connectivity index (χ1v) is 6.60. The van der Waals surface area contributed by atoms with Crippen LogP contribution in [0.4, 0.5) is 13.2 Å². The van der Waals surface area contributed by atoms with E-state index in [1.165, 1.54) is 12.1 Å². The zero-order chi connectivity index (χ0) is 15.6. The molecule has 2 unspecified atom stereocenters. The quantitative estimate of drug-likeness (QED) is 0.906. The first-order chi connectivity index (χ1) is 9.93. The molecule has 6 heteroatoms. The van der Waals surface area contributed by atoms with Crippen molar-refractivity contribution in [2.75, 3.05) is 6.54 Å². The van der Waals surface area contributed by atoms with Crippen LogP contribution in [0.25, 0.3) is 0 Å². The number of rotatable bonds is 4. The lowest BCUT2D eigenvalue weighted by Gasteiger charge is -2.23. The fourth-order valence-electron chi connectivity index (χ4n) is 2.23. The number of hydrogen-bond acceptors (Lipinski definition) is 2. The molecule has 0 aliphatic heterocycles. The summed E-state index contributed by atoms with van der Waals surface area (Å²) in [6.07, 6.45) is -1.41. The molecule has 2 nitrogen and oxygen atoms in total. The molecule has 0 saturated heterocycles. The summed E-state index contributed by atoms with van der Waals surface area (Å²) in [7, 11) is 0. The molecule has 112 valence electrons. The fraction of sp³-hybridized carbons (Fsp3) is 0.200. The lowest BCUT2D eigenvalue weighted by molar-refractivity contribution is 0.143. The average molecular weight is 316 g/mol. The Hall–Kier alpha value is -1.56. The lowest BCUT2D eigenvalue weighted by Crippen LogP contribution is -2.21. The third-order valence-electron chi connectivity index (χ3n) is 3.24. The van der Waals surface area contributed by atoms with Gasteiger partial charge in [-0.25, -0.2) is 13.2 Å². The maximum atomic E-state index is 13.8. The predicted molar refractivity (Wildman–Crippen MR) is 74.5 cm³/mol. The van der Waals surface area contributed by atoms with Gasteiger partial charge in [-0.3, -0.25) is 0 Å². The van der Waals surface area contributed by atoms with E-state index in [2.05, 4.69) is 0 Å². The molecule has 0 saturated carbocycles. The normalized spacial score (nSPS) is 14.0. The molecule has 0 aliphatic carbocycles. The molecule has 2 aromatic rings. The van der Waals surface area contributed by atoms with Crippen LogP contribution >= 0.6 is 11.6 Å². The van der Waals surface area contributed by atoms with Crippen molar-refractivity contribution in [2.24, 2.45) is 5.73 Å². The van der Waals surface area contributed by atoms with Gasteiger partial charge in [0.05, 0.1) is 6.10 Å². The number of halogens is 4. The zero-order valence-corrected chi connectivity index (χ0v) is 11.6. The van der Waals surface area contributed by atoms with E-state index in [1.807, 2.05) is 0 Å². The van der Waals surface area contributed by atoms with E-state index in [0.29, 0.717) is 6.07 Å². The Kier molecular flexibility index (Phi) is 4.88. The van der Waals surface area contributed by atoms with Crippen molar-refractivity contribution < 1.29 is 18.3 Å². The van der Waals surface area contributed by atoms with Gasteiger partial charge in [-0.05, 0) is 29.8 Å². The molecule has 0 heterocycles. The van der Waals surface area contributed by atoms with Crippen LogP contribution in [0.15, 0.2) is 36.4 Å². The maximum absolute atomic E-state index is 13.8. The lowest BCUT2D eigenvalue weighted by atomic mass is 9.89. The van der Waals surface area contributed by atoms with Gasteiger partial charge in [0.15, 0.2) is 0 Å². The predicted octanol–water partition coefficient (Wildman–Crippen LogP) is 3.53. The Morgan fingerprint density at radius 3 is 2.24 bits per heavy atom. The zero-order valence-electron chi connectivity index (χ0n) is 10.9. The largest absolute Gasteiger partial charge is 0.388 e. The van der Waals surface area contributed by atoms with Gasteiger partial charge >= 0.3 is 0 Å². The van der Waals surface area contributed by atoms with Crippen LogP contribution in [0.3, 0.4) is 0 Å². The van der Waals surface area contributed by atoms with Gasteiger partial charge in [0.1, 0.15) is 17.5 Å². The summed E-state index contributed by atoms with van der Waals surface area (Å²) >= 11 is 5.89. The molecule has 0 amide bonds. The SMILES string of the molecule is NCC(c1cc(F)cc(F)c1)C(O)c1c(F)cccc1Cl. The second-order valence-electron chi connectivity index (χ2n) is 4.63. The Morgan fingerprint density at radius 2 is 1.71 bits per heavy atom. The average Bonchev–Trinajstić information content (AvgIpc) is 2.38. The Labute approximate surface area is 125 Å². The monoisotopic (exact) mass is 315 g/mol. The van der Waals surface area contributed by atoms with Crippen molar-refractivity contribution in [3.8, 4) is 0 Å². The van der Waals surface area contributed by atoms with Crippen molar-refractivity contribution in [3.05, 3.63) is 70.0 Å². The molecule has 2 rings (SSSR count). The molecule has 0 fully saturated rings. The van der Waals surface area contributed by atoms with Crippen molar-refractivity contribution in [1.29, 1.82) is 0 Å². The standard InChI is InChI=1S/C15H13ClF3NO/c16-12-2-1-3-13(19)14(12)15(21)11(7-20)8-4-9(17)6-10(18)5-8/h1-6,11,15,21H,7,20H2. The molecule has 0 bridgehead atoms. The molecular formula is C15H13ClF3NO. The second kappa shape index (κ2) is 6.47. The highest BCUT2D eigenvalue weighted by atomic mass is 35.5. The number of hydrogen-bond donors (Lipinski definition) is 2. The van der Waals surface area contributed by atoms with Crippen molar-refractivity contribution in [2.45, 2.75) is 12.0 Å². The first-order valence-electron chi connectivity index (χ1n) is 6.22. The highest BCUT2D eigenvalue weighted by molar-refractivity contribution is 6.31. The van der Waals surface area contributed by atoms with E-state index in [4.69, 9.17) is 17.3 Å².